The molecule has 0 saturated heterocycles. The van der Waals surface area contributed by atoms with Gasteiger partial charge in [-0.05, 0) is 31.6 Å². The fourth-order valence-electron chi connectivity index (χ4n) is 2.43. The highest BCUT2D eigenvalue weighted by molar-refractivity contribution is 7.99. The first kappa shape index (κ1) is 15.1. The lowest BCUT2D eigenvalue weighted by molar-refractivity contribution is 0.473. The summed E-state index contributed by atoms with van der Waals surface area (Å²) in [6.07, 6.45) is 7.08. The van der Waals surface area contributed by atoms with Crippen molar-refractivity contribution in [3.63, 3.8) is 0 Å². The van der Waals surface area contributed by atoms with Crippen molar-refractivity contribution in [2.24, 2.45) is 0 Å². The van der Waals surface area contributed by atoms with Crippen molar-refractivity contribution in [1.29, 1.82) is 0 Å². The molecule has 2 rings (SSSR count). The van der Waals surface area contributed by atoms with Crippen LogP contribution in [-0.4, -0.2) is 29.6 Å². The van der Waals surface area contributed by atoms with Crippen molar-refractivity contribution in [2.45, 2.75) is 37.0 Å². The highest BCUT2D eigenvalue weighted by Gasteiger charge is 2.22. The first-order valence-electron chi connectivity index (χ1n) is 6.47. The monoisotopic (exact) mass is 319 g/mol. The number of nitrogens with zero attached hydrogens (tertiary/aromatic N) is 1. The van der Waals surface area contributed by atoms with Crippen molar-refractivity contribution < 1.29 is 0 Å². The maximum absolute atomic E-state index is 6.21. The van der Waals surface area contributed by atoms with Crippen molar-refractivity contribution in [2.75, 3.05) is 23.9 Å². The van der Waals surface area contributed by atoms with E-state index in [9.17, 15) is 0 Å². The average molecular weight is 320 g/mol. The maximum Gasteiger partial charge on any atom is 0.147 e. The summed E-state index contributed by atoms with van der Waals surface area (Å²) >= 11 is 14.2. The van der Waals surface area contributed by atoms with E-state index in [0.717, 1.165) is 17.5 Å². The van der Waals surface area contributed by atoms with Gasteiger partial charge in [0.15, 0.2) is 0 Å². The van der Waals surface area contributed by atoms with Gasteiger partial charge in [-0.15, -0.1) is 0 Å². The standard InChI is InChI=1S/C13H19Cl2N3S/c1-16-12-10(14)7-11(15)13(18-12)17-8-4-3-5-9(6-8)19-2/h7-9H,3-6H2,1-2H3,(H2,16,17,18). The van der Waals surface area contributed by atoms with E-state index in [4.69, 9.17) is 23.2 Å². The zero-order valence-corrected chi connectivity index (χ0v) is 13.5. The molecule has 2 unspecified atom stereocenters. The van der Waals surface area contributed by atoms with Gasteiger partial charge in [-0.1, -0.05) is 29.6 Å². The Balaban J connectivity index is 2.10. The second-order valence-electron chi connectivity index (χ2n) is 4.76. The third-order valence-electron chi connectivity index (χ3n) is 3.47. The number of hydrogen-bond donors (Lipinski definition) is 2. The van der Waals surface area contributed by atoms with E-state index in [1.54, 1.807) is 13.1 Å². The molecule has 1 fully saturated rings. The largest absolute Gasteiger partial charge is 0.372 e. The van der Waals surface area contributed by atoms with Crippen LogP contribution in [-0.2, 0) is 0 Å². The molecular formula is C13H19Cl2N3S. The molecule has 2 N–H and O–H groups in total. The predicted octanol–water partition coefficient (Wildman–Crippen LogP) is 4.52. The number of aromatic nitrogens is 1. The van der Waals surface area contributed by atoms with Gasteiger partial charge in [-0.3, -0.25) is 0 Å². The molecule has 1 aromatic heterocycles. The Morgan fingerprint density at radius 2 is 2.00 bits per heavy atom. The normalized spacial score (nSPS) is 23.2. The number of anilines is 2. The summed E-state index contributed by atoms with van der Waals surface area (Å²) in [6.45, 7) is 0. The summed E-state index contributed by atoms with van der Waals surface area (Å²) in [5.41, 5.74) is 0. The summed E-state index contributed by atoms with van der Waals surface area (Å²) in [7, 11) is 1.80. The molecule has 1 saturated carbocycles. The number of nitrogens with one attached hydrogen (secondary N) is 2. The molecule has 2 atom stereocenters. The average Bonchev–Trinajstić information content (AvgIpc) is 2.42. The third-order valence-corrected chi connectivity index (χ3v) is 5.14. The van der Waals surface area contributed by atoms with E-state index in [2.05, 4.69) is 21.9 Å². The van der Waals surface area contributed by atoms with Crippen LogP contribution in [0.1, 0.15) is 25.7 Å². The van der Waals surface area contributed by atoms with Gasteiger partial charge in [0.1, 0.15) is 11.6 Å². The Hall–Kier alpha value is -0.320. The Morgan fingerprint density at radius 1 is 1.26 bits per heavy atom. The van der Waals surface area contributed by atoms with Crippen molar-refractivity contribution in [3.8, 4) is 0 Å². The molecule has 19 heavy (non-hydrogen) atoms. The number of pyridine rings is 1. The van der Waals surface area contributed by atoms with E-state index in [1.807, 2.05) is 11.8 Å². The molecule has 0 bridgehead atoms. The van der Waals surface area contributed by atoms with Gasteiger partial charge in [0, 0.05) is 18.3 Å². The van der Waals surface area contributed by atoms with Crippen LogP contribution >= 0.6 is 35.0 Å². The molecule has 1 aliphatic rings. The van der Waals surface area contributed by atoms with Crippen LogP contribution in [0.3, 0.4) is 0 Å². The Labute approximate surface area is 128 Å². The van der Waals surface area contributed by atoms with Crippen LogP contribution < -0.4 is 10.6 Å². The summed E-state index contributed by atoms with van der Waals surface area (Å²) in [4.78, 5) is 4.44. The molecule has 0 spiro atoms. The highest BCUT2D eigenvalue weighted by Crippen LogP contribution is 2.33. The van der Waals surface area contributed by atoms with Crippen molar-refractivity contribution in [1.82, 2.24) is 4.98 Å². The van der Waals surface area contributed by atoms with Crippen LogP contribution in [0.15, 0.2) is 6.07 Å². The molecule has 0 aliphatic heterocycles. The van der Waals surface area contributed by atoms with Gasteiger partial charge in [0.25, 0.3) is 0 Å². The van der Waals surface area contributed by atoms with E-state index in [-0.39, 0.29) is 0 Å². The molecule has 0 aromatic carbocycles. The summed E-state index contributed by atoms with van der Waals surface area (Å²) < 4.78 is 0. The number of hydrogen-bond acceptors (Lipinski definition) is 4. The molecule has 3 nitrogen and oxygen atoms in total. The smallest absolute Gasteiger partial charge is 0.147 e. The van der Waals surface area contributed by atoms with Gasteiger partial charge in [-0.25, -0.2) is 4.98 Å². The molecule has 1 heterocycles. The first-order valence-corrected chi connectivity index (χ1v) is 8.51. The first-order chi connectivity index (χ1) is 9.13. The van der Waals surface area contributed by atoms with E-state index >= 15 is 0 Å². The van der Waals surface area contributed by atoms with Crippen LogP contribution in [0.5, 0.6) is 0 Å². The Bertz CT molecular complexity index is 442. The molecule has 106 valence electrons. The fourth-order valence-corrected chi connectivity index (χ4v) is 3.76. The second kappa shape index (κ2) is 6.91. The third kappa shape index (κ3) is 3.83. The maximum atomic E-state index is 6.21. The molecule has 0 radical (unpaired) electrons. The summed E-state index contributed by atoms with van der Waals surface area (Å²) in [5.74, 6) is 1.38. The topological polar surface area (TPSA) is 37.0 Å². The van der Waals surface area contributed by atoms with Crippen LogP contribution in [0.2, 0.25) is 10.0 Å². The highest BCUT2D eigenvalue weighted by atomic mass is 35.5. The molecule has 0 amide bonds. The lowest BCUT2D eigenvalue weighted by Crippen LogP contribution is -2.29. The minimum absolute atomic E-state index is 0.446. The predicted molar refractivity (Wildman–Crippen MR) is 87.0 cm³/mol. The number of halogens is 2. The van der Waals surface area contributed by atoms with Crippen LogP contribution in [0.4, 0.5) is 11.6 Å². The molecule has 6 heteroatoms. The van der Waals surface area contributed by atoms with Crippen LogP contribution in [0, 0.1) is 0 Å². The minimum Gasteiger partial charge on any atom is -0.372 e. The minimum atomic E-state index is 0.446. The summed E-state index contributed by atoms with van der Waals surface area (Å²) in [5, 5.41) is 8.30. The fraction of sp³-hybridized carbons (Fsp3) is 0.615. The Kier molecular flexibility index (Phi) is 5.48. The van der Waals surface area contributed by atoms with E-state index in [1.165, 1.54) is 19.3 Å². The SMILES string of the molecule is CNc1nc(NC2CCCC(SC)C2)c(Cl)cc1Cl. The van der Waals surface area contributed by atoms with Crippen LogP contribution in [0.25, 0.3) is 0 Å². The number of thioether (sulfide) groups is 1. The van der Waals surface area contributed by atoms with Crippen molar-refractivity contribution >= 4 is 46.6 Å². The zero-order chi connectivity index (χ0) is 13.8. The zero-order valence-electron chi connectivity index (χ0n) is 11.2. The van der Waals surface area contributed by atoms with Gasteiger partial charge >= 0.3 is 0 Å². The summed E-state index contributed by atoms with van der Waals surface area (Å²) in [6, 6.07) is 2.18. The van der Waals surface area contributed by atoms with Gasteiger partial charge in [-0.2, -0.15) is 11.8 Å². The Morgan fingerprint density at radius 3 is 2.68 bits per heavy atom. The van der Waals surface area contributed by atoms with Gasteiger partial charge in [0.05, 0.1) is 10.0 Å². The number of rotatable bonds is 4. The van der Waals surface area contributed by atoms with Crippen molar-refractivity contribution in [3.05, 3.63) is 16.1 Å². The molecular weight excluding hydrogens is 301 g/mol. The van der Waals surface area contributed by atoms with Gasteiger partial charge in [0.2, 0.25) is 0 Å². The quantitative estimate of drug-likeness (QED) is 0.855. The lowest BCUT2D eigenvalue weighted by Gasteiger charge is -2.29. The van der Waals surface area contributed by atoms with E-state index in [0.29, 0.717) is 21.9 Å². The lowest BCUT2D eigenvalue weighted by atomic mass is 9.95. The second-order valence-corrected chi connectivity index (χ2v) is 6.72. The molecule has 1 aliphatic carbocycles. The molecule has 1 aromatic rings. The van der Waals surface area contributed by atoms with Gasteiger partial charge < -0.3 is 10.6 Å². The van der Waals surface area contributed by atoms with E-state index < -0.39 is 0 Å².